The van der Waals surface area contributed by atoms with Crippen LogP contribution in [0.4, 0.5) is 10.5 Å². The summed E-state index contributed by atoms with van der Waals surface area (Å²) in [6.45, 7) is 1.65. The van der Waals surface area contributed by atoms with E-state index in [9.17, 15) is 9.59 Å². The van der Waals surface area contributed by atoms with Crippen LogP contribution in [0.2, 0.25) is 0 Å². The Morgan fingerprint density at radius 2 is 2.06 bits per heavy atom. The van der Waals surface area contributed by atoms with E-state index < -0.39 is 11.7 Å². The molecule has 1 aromatic heterocycles. The summed E-state index contributed by atoms with van der Waals surface area (Å²) in [5.41, 5.74) is 6.68. The van der Waals surface area contributed by atoms with Gasteiger partial charge in [-0.3, -0.25) is 4.79 Å². The molecular formula is C12H12N2O3. The molecule has 2 N–H and O–H groups in total. The minimum absolute atomic E-state index is 0.394. The first kappa shape index (κ1) is 11.2. The SMILES string of the molecule is COC(=O)n1c(=O)c(C)cc2ccc(N)cc21. The number of aromatic nitrogens is 1. The zero-order valence-electron chi connectivity index (χ0n) is 9.56. The summed E-state index contributed by atoms with van der Waals surface area (Å²) in [5, 5.41) is 0.765. The number of hydrogen-bond acceptors (Lipinski definition) is 4. The number of carbonyl (C=O) groups excluding carboxylic acids is 1. The number of fused-ring (bicyclic) bond motifs is 1. The number of rotatable bonds is 0. The maximum atomic E-state index is 11.9. The molecule has 0 spiro atoms. The Labute approximate surface area is 97.4 Å². The summed E-state index contributed by atoms with van der Waals surface area (Å²) in [4.78, 5) is 23.5. The zero-order chi connectivity index (χ0) is 12.6. The number of pyridine rings is 1. The van der Waals surface area contributed by atoms with E-state index in [0.29, 0.717) is 16.8 Å². The normalized spacial score (nSPS) is 10.5. The van der Waals surface area contributed by atoms with Gasteiger partial charge >= 0.3 is 6.09 Å². The highest BCUT2D eigenvalue weighted by molar-refractivity contribution is 5.90. The Morgan fingerprint density at radius 3 is 2.71 bits per heavy atom. The maximum absolute atomic E-state index is 11.9. The van der Waals surface area contributed by atoms with Crippen LogP contribution in [0, 0.1) is 6.92 Å². The smallest absolute Gasteiger partial charge is 0.421 e. The lowest BCUT2D eigenvalue weighted by Crippen LogP contribution is -2.29. The molecule has 0 amide bonds. The van der Waals surface area contributed by atoms with Crippen molar-refractivity contribution in [3.05, 3.63) is 40.2 Å². The molecule has 0 unspecified atom stereocenters. The Kier molecular flexibility index (Phi) is 2.59. The third-order valence-corrected chi connectivity index (χ3v) is 2.57. The summed E-state index contributed by atoms with van der Waals surface area (Å²) in [5.74, 6) is 0. The number of hydrogen-bond donors (Lipinski definition) is 1. The number of nitrogens with two attached hydrogens (primary N) is 1. The number of nitrogens with zero attached hydrogens (tertiary/aromatic N) is 1. The first-order valence-corrected chi connectivity index (χ1v) is 5.05. The van der Waals surface area contributed by atoms with Crippen LogP contribution < -0.4 is 11.3 Å². The molecule has 2 aromatic rings. The van der Waals surface area contributed by atoms with E-state index in [0.717, 1.165) is 9.95 Å². The van der Waals surface area contributed by atoms with Gasteiger partial charge in [-0.2, -0.15) is 0 Å². The minimum Gasteiger partial charge on any atom is -0.452 e. The van der Waals surface area contributed by atoms with Gasteiger partial charge in [-0.15, -0.1) is 0 Å². The molecule has 0 aliphatic heterocycles. The van der Waals surface area contributed by atoms with Crippen molar-refractivity contribution in [2.24, 2.45) is 0 Å². The quantitative estimate of drug-likeness (QED) is 0.698. The average Bonchev–Trinajstić information content (AvgIpc) is 2.31. The van der Waals surface area contributed by atoms with Gasteiger partial charge in [-0.25, -0.2) is 9.36 Å². The topological polar surface area (TPSA) is 74.3 Å². The van der Waals surface area contributed by atoms with Crippen LogP contribution in [0.5, 0.6) is 0 Å². The zero-order valence-corrected chi connectivity index (χ0v) is 9.56. The van der Waals surface area contributed by atoms with E-state index in [1.54, 1.807) is 31.2 Å². The highest BCUT2D eigenvalue weighted by Crippen LogP contribution is 2.17. The third-order valence-electron chi connectivity index (χ3n) is 2.57. The predicted molar refractivity (Wildman–Crippen MR) is 65.2 cm³/mol. The first-order chi connectivity index (χ1) is 8.04. The Morgan fingerprint density at radius 1 is 1.35 bits per heavy atom. The van der Waals surface area contributed by atoms with E-state index in [-0.39, 0.29) is 0 Å². The molecule has 5 heteroatoms. The largest absolute Gasteiger partial charge is 0.452 e. The van der Waals surface area contributed by atoms with Gasteiger partial charge in [-0.1, -0.05) is 6.07 Å². The summed E-state index contributed by atoms with van der Waals surface area (Å²) in [6, 6.07) is 6.77. The van der Waals surface area contributed by atoms with Gasteiger partial charge in [0.05, 0.1) is 12.6 Å². The van der Waals surface area contributed by atoms with Crippen molar-refractivity contribution in [2.45, 2.75) is 6.92 Å². The van der Waals surface area contributed by atoms with Gasteiger partial charge in [0.2, 0.25) is 0 Å². The van der Waals surface area contributed by atoms with Crippen LogP contribution in [-0.4, -0.2) is 17.8 Å². The van der Waals surface area contributed by atoms with E-state index >= 15 is 0 Å². The maximum Gasteiger partial charge on any atom is 0.421 e. The number of methoxy groups -OCH3 is 1. The highest BCUT2D eigenvalue weighted by atomic mass is 16.5. The van der Waals surface area contributed by atoms with Crippen molar-refractivity contribution >= 4 is 22.7 Å². The molecule has 17 heavy (non-hydrogen) atoms. The van der Waals surface area contributed by atoms with E-state index in [4.69, 9.17) is 5.73 Å². The molecule has 5 nitrogen and oxygen atoms in total. The molecule has 1 aromatic carbocycles. The van der Waals surface area contributed by atoms with Crippen molar-refractivity contribution in [3.8, 4) is 0 Å². The fourth-order valence-corrected chi connectivity index (χ4v) is 1.73. The number of benzene rings is 1. The van der Waals surface area contributed by atoms with Crippen molar-refractivity contribution in [2.75, 3.05) is 12.8 Å². The van der Waals surface area contributed by atoms with Crippen LogP contribution in [0.3, 0.4) is 0 Å². The molecule has 0 radical (unpaired) electrons. The molecule has 0 saturated carbocycles. The fourth-order valence-electron chi connectivity index (χ4n) is 1.73. The second-order valence-corrected chi connectivity index (χ2v) is 3.76. The number of carbonyl (C=O) groups is 1. The van der Waals surface area contributed by atoms with Gasteiger partial charge in [0.1, 0.15) is 0 Å². The molecule has 0 saturated heterocycles. The molecule has 0 atom stereocenters. The van der Waals surface area contributed by atoms with E-state index in [1.165, 1.54) is 7.11 Å². The van der Waals surface area contributed by atoms with Gasteiger partial charge < -0.3 is 10.5 Å². The first-order valence-electron chi connectivity index (χ1n) is 5.05. The molecule has 0 fully saturated rings. The van der Waals surface area contributed by atoms with Crippen molar-refractivity contribution < 1.29 is 9.53 Å². The molecule has 88 valence electrons. The van der Waals surface area contributed by atoms with Gasteiger partial charge in [0, 0.05) is 11.3 Å². The molecule has 0 aliphatic rings. The monoisotopic (exact) mass is 232 g/mol. The standard InChI is InChI=1S/C12H12N2O3/c1-7-5-8-3-4-9(13)6-10(8)14(11(7)15)12(16)17-2/h3-6H,13H2,1-2H3. The Hall–Kier alpha value is -2.30. The molecule has 1 heterocycles. The van der Waals surface area contributed by atoms with Crippen LogP contribution >= 0.6 is 0 Å². The lowest BCUT2D eigenvalue weighted by molar-refractivity contribution is 0.173. The fraction of sp³-hybridized carbons (Fsp3) is 0.167. The minimum atomic E-state index is -0.714. The molecule has 2 rings (SSSR count). The Bertz CT molecular complexity index is 659. The number of ether oxygens (including phenoxy) is 1. The average molecular weight is 232 g/mol. The van der Waals surface area contributed by atoms with Crippen molar-refractivity contribution in [1.82, 2.24) is 4.57 Å². The summed E-state index contributed by atoms with van der Waals surface area (Å²) >= 11 is 0. The van der Waals surface area contributed by atoms with Gasteiger partial charge in [0.15, 0.2) is 0 Å². The van der Waals surface area contributed by atoms with E-state index in [2.05, 4.69) is 4.74 Å². The molecule has 0 aliphatic carbocycles. The van der Waals surface area contributed by atoms with Gasteiger partial charge in [-0.05, 0) is 30.5 Å². The second-order valence-electron chi connectivity index (χ2n) is 3.76. The third kappa shape index (κ3) is 1.75. The van der Waals surface area contributed by atoms with E-state index in [1.807, 2.05) is 0 Å². The predicted octanol–water partition coefficient (Wildman–Crippen LogP) is 1.51. The number of aryl methyl sites for hydroxylation is 1. The van der Waals surface area contributed by atoms with Crippen LogP contribution in [0.1, 0.15) is 5.56 Å². The Balaban J connectivity index is 2.95. The highest BCUT2D eigenvalue weighted by Gasteiger charge is 2.13. The number of anilines is 1. The number of nitrogen functional groups attached to an aromatic ring is 1. The van der Waals surface area contributed by atoms with Crippen LogP contribution in [0.25, 0.3) is 10.9 Å². The second kappa shape index (κ2) is 3.93. The summed E-state index contributed by atoms with van der Waals surface area (Å²) < 4.78 is 5.59. The summed E-state index contributed by atoms with van der Waals surface area (Å²) in [6.07, 6.45) is -0.714. The molecule has 0 bridgehead atoms. The van der Waals surface area contributed by atoms with Crippen LogP contribution in [-0.2, 0) is 4.74 Å². The van der Waals surface area contributed by atoms with Crippen molar-refractivity contribution in [3.63, 3.8) is 0 Å². The summed E-state index contributed by atoms with van der Waals surface area (Å²) in [7, 11) is 1.23. The van der Waals surface area contributed by atoms with Crippen molar-refractivity contribution in [1.29, 1.82) is 0 Å². The lowest BCUT2D eigenvalue weighted by Gasteiger charge is -2.09. The van der Waals surface area contributed by atoms with Gasteiger partial charge in [0.25, 0.3) is 5.56 Å². The van der Waals surface area contributed by atoms with Crippen LogP contribution in [0.15, 0.2) is 29.1 Å². The lowest BCUT2D eigenvalue weighted by atomic mass is 10.1. The molecular weight excluding hydrogens is 220 g/mol.